The molecule has 2 heterocycles. The normalized spacial score (nSPS) is 22.0. The lowest BCUT2D eigenvalue weighted by Gasteiger charge is -2.23. The molecule has 2 aromatic carbocycles. The van der Waals surface area contributed by atoms with Crippen LogP contribution in [-0.2, 0) is 0 Å². The van der Waals surface area contributed by atoms with Crippen LogP contribution in [-0.4, -0.2) is 23.0 Å². The van der Waals surface area contributed by atoms with E-state index >= 15 is 0 Å². The van der Waals surface area contributed by atoms with Gasteiger partial charge in [-0.25, -0.2) is 9.18 Å². The second-order valence-electron chi connectivity index (χ2n) is 6.61. The van der Waals surface area contributed by atoms with E-state index in [-0.39, 0.29) is 11.8 Å². The van der Waals surface area contributed by atoms with Gasteiger partial charge < -0.3 is 16.0 Å². The third-order valence-electron chi connectivity index (χ3n) is 5.16. The fourth-order valence-corrected chi connectivity index (χ4v) is 3.91. The Morgan fingerprint density at radius 3 is 2.21 bits per heavy atom. The Kier molecular flexibility index (Phi) is 3.63. The number of carbonyl (C=O) groups is 1. The molecule has 2 fully saturated rings. The number of nitrogen functional groups attached to an aromatic ring is 1. The van der Waals surface area contributed by atoms with Gasteiger partial charge in [-0.3, -0.25) is 0 Å². The van der Waals surface area contributed by atoms with Gasteiger partial charge in [-0.05, 0) is 61.1 Å². The Morgan fingerprint density at radius 1 is 1.00 bits per heavy atom. The number of nitrogens with two attached hydrogens (primary N) is 1. The minimum Gasteiger partial charge on any atom is -0.397 e. The van der Waals surface area contributed by atoms with E-state index in [4.69, 9.17) is 5.73 Å². The van der Waals surface area contributed by atoms with Gasteiger partial charge in [0.05, 0.1) is 11.4 Å². The van der Waals surface area contributed by atoms with Crippen LogP contribution in [0.2, 0.25) is 0 Å². The molecule has 4 rings (SSSR count). The summed E-state index contributed by atoms with van der Waals surface area (Å²) in [6.07, 6.45) is 4.40. The molecule has 2 bridgehead atoms. The van der Waals surface area contributed by atoms with Gasteiger partial charge >= 0.3 is 6.03 Å². The van der Waals surface area contributed by atoms with Crippen LogP contribution in [0, 0.1) is 5.82 Å². The van der Waals surface area contributed by atoms with Gasteiger partial charge in [0.1, 0.15) is 5.82 Å². The van der Waals surface area contributed by atoms with Crippen molar-refractivity contribution >= 4 is 17.4 Å². The summed E-state index contributed by atoms with van der Waals surface area (Å²) >= 11 is 0. The molecule has 2 amide bonds. The lowest BCUT2D eigenvalue weighted by Crippen LogP contribution is -2.38. The standard InChI is InChI=1S/C19H20FN3O/c20-14-4-1-12(2-5-14)13-3-10-17(21)18(11-13)22-19(24)23-15-6-7-16(23)9-8-15/h1-5,10-11,15-16H,6-9,21H2,(H,22,24). The molecule has 0 saturated carbocycles. The smallest absolute Gasteiger partial charge is 0.322 e. The lowest BCUT2D eigenvalue weighted by atomic mass is 10.0. The third kappa shape index (κ3) is 2.60. The van der Waals surface area contributed by atoms with E-state index in [1.165, 1.54) is 12.1 Å². The average molecular weight is 325 g/mol. The number of amides is 2. The molecule has 0 spiro atoms. The maximum absolute atomic E-state index is 13.1. The molecule has 0 aromatic heterocycles. The molecule has 5 heteroatoms. The van der Waals surface area contributed by atoms with E-state index in [2.05, 4.69) is 5.32 Å². The molecule has 0 aliphatic carbocycles. The SMILES string of the molecule is Nc1ccc(-c2ccc(F)cc2)cc1NC(=O)N1C2CCC1CC2. The number of nitrogens with one attached hydrogen (secondary N) is 1. The molecule has 2 saturated heterocycles. The molecular weight excluding hydrogens is 305 g/mol. The van der Waals surface area contributed by atoms with Crippen LogP contribution < -0.4 is 11.1 Å². The van der Waals surface area contributed by atoms with Gasteiger partial charge in [0.15, 0.2) is 0 Å². The zero-order chi connectivity index (χ0) is 16.7. The summed E-state index contributed by atoms with van der Waals surface area (Å²) in [6, 6.07) is 12.4. The van der Waals surface area contributed by atoms with Crippen molar-refractivity contribution in [1.29, 1.82) is 0 Å². The Labute approximate surface area is 140 Å². The molecule has 4 nitrogen and oxygen atoms in total. The molecule has 0 unspecified atom stereocenters. The predicted octanol–water partition coefficient (Wildman–Crippen LogP) is 4.23. The van der Waals surface area contributed by atoms with E-state index in [1.807, 2.05) is 17.0 Å². The first-order chi connectivity index (χ1) is 11.6. The van der Waals surface area contributed by atoms with Crippen LogP contribution in [0.15, 0.2) is 42.5 Å². The third-order valence-corrected chi connectivity index (χ3v) is 5.16. The Bertz CT molecular complexity index is 755. The van der Waals surface area contributed by atoms with Crippen molar-refractivity contribution in [3.63, 3.8) is 0 Å². The van der Waals surface area contributed by atoms with Crippen LogP contribution in [0.1, 0.15) is 25.7 Å². The number of urea groups is 1. The van der Waals surface area contributed by atoms with Crippen molar-refractivity contribution in [3.8, 4) is 11.1 Å². The molecule has 0 atom stereocenters. The van der Waals surface area contributed by atoms with Crippen molar-refractivity contribution in [2.75, 3.05) is 11.1 Å². The molecule has 3 N–H and O–H groups in total. The summed E-state index contributed by atoms with van der Waals surface area (Å²) in [5.74, 6) is -0.271. The molecule has 2 aromatic rings. The summed E-state index contributed by atoms with van der Waals surface area (Å²) in [5, 5.41) is 2.96. The van der Waals surface area contributed by atoms with E-state index < -0.39 is 0 Å². The monoisotopic (exact) mass is 325 g/mol. The van der Waals surface area contributed by atoms with Crippen LogP contribution >= 0.6 is 0 Å². The number of carbonyl (C=O) groups excluding carboxylic acids is 1. The maximum Gasteiger partial charge on any atom is 0.322 e. The minimum absolute atomic E-state index is 0.0667. The first-order valence-electron chi connectivity index (χ1n) is 8.36. The Hall–Kier alpha value is -2.56. The Morgan fingerprint density at radius 2 is 1.58 bits per heavy atom. The van der Waals surface area contributed by atoms with Gasteiger partial charge in [-0.15, -0.1) is 0 Å². The number of nitrogens with zero attached hydrogens (tertiary/aromatic N) is 1. The lowest BCUT2D eigenvalue weighted by molar-refractivity contribution is 0.206. The van der Waals surface area contributed by atoms with Gasteiger partial charge in [0.2, 0.25) is 0 Å². The van der Waals surface area contributed by atoms with Crippen LogP contribution in [0.4, 0.5) is 20.6 Å². The fourth-order valence-electron chi connectivity index (χ4n) is 3.91. The van der Waals surface area contributed by atoms with Gasteiger partial charge in [-0.2, -0.15) is 0 Å². The minimum atomic E-state index is -0.271. The highest BCUT2D eigenvalue weighted by molar-refractivity contribution is 5.94. The first-order valence-corrected chi connectivity index (χ1v) is 8.36. The van der Waals surface area contributed by atoms with Crippen LogP contribution in [0.25, 0.3) is 11.1 Å². The number of halogens is 1. The summed E-state index contributed by atoms with van der Waals surface area (Å²) < 4.78 is 13.1. The van der Waals surface area contributed by atoms with Crippen molar-refractivity contribution in [2.45, 2.75) is 37.8 Å². The molecule has 0 radical (unpaired) electrons. The number of anilines is 2. The van der Waals surface area contributed by atoms with Crippen LogP contribution in [0.3, 0.4) is 0 Å². The zero-order valence-corrected chi connectivity index (χ0v) is 13.3. The summed E-state index contributed by atoms with van der Waals surface area (Å²) in [6.45, 7) is 0. The highest BCUT2D eigenvalue weighted by Crippen LogP contribution is 2.38. The van der Waals surface area contributed by atoms with Crippen molar-refractivity contribution < 1.29 is 9.18 Å². The number of hydrogen-bond acceptors (Lipinski definition) is 2. The Balaban J connectivity index is 1.57. The maximum atomic E-state index is 13.1. The average Bonchev–Trinajstić information content (AvgIpc) is 3.18. The van der Waals surface area contributed by atoms with Crippen molar-refractivity contribution in [2.24, 2.45) is 0 Å². The second-order valence-corrected chi connectivity index (χ2v) is 6.61. The molecule has 24 heavy (non-hydrogen) atoms. The highest BCUT2D eigenvalue weighted by Gasteiger charge is 2.42. The molecule has 2 aliphatic rings. The van der Waals surface area contributed by atoms with Crippen LogP contribution in [0.5, 0.6) is 0 Å². The summed E-state index contributed by atoms with van der Waals surface area (Å²) in [4.78, 5) is 14.6. The van der Waals surface area contributed by atoms with Gasteiger partial charge in [0.25, 0.3) is 0 Å². The van der Waals surface area contributed by atoms with Crippen molar-refractivity contribution in [1.82, 2.24) is 4.90 Å². The number of fused-ring (bicyclic) bond motifs is 2. The van der Waals surface area contributed by atoms with E-state index in [9.17, 15) is 9.18 Å². The van der Waals surface area contributed by atoms with Gasteiger partial charge in [-0.1, -0.05) is 18.2 Å². The summed E-state index contributed by atoms with van der Waals surface area (Å²) in [5.41, 5.74) is 8.94. The van der Waals surface area contributed by atoms with E-state index in [1.54, 1.807) is 18.2 Å². The summed E-state index contributed by atoms with van der Waals surface area (Å²) in [7, 11) is 0. The second kappa shape index (κ2) is 5.82. The highest BCUT2D eigenvalue weighted by atomic mass is 19.1. The first kappa shape index (κ1) is 15.0. The topological polar surface area (TPSA) is 58.4 Å². The van der Waals surface area contributed by atoms with Gasteiger partial charge in [0, 0.05) is 12.1 Å². The zero-order valence-electron chi connectivity index (χ0n) is 13.3. The predicted molar refractivity (Wildman–Crippen MR) is 93.2 cm³/mol. The molecular formula is C19H20FN3O. The van der Waals surface area contributed by atoms with Crippen molar-refractivity contribution in [3.05, 3.63) is 48.3 Å². The number of hydrogen-bond donors (Lipinski definition) is 2. The molecule has 124 valence electrons. The van der Waals surface area contributed by atoms with E-state index in [0.29, 0.717) is 23.5 Å². The number of benzene rings is 2. The molecule has 2 aliphatic heterocycles. The fraction of sp³-hybridized carbons (Fsp3) is 0.316. The number of rotatable bonds is 2. The quantitative estimate of drug-likeness (QED) is 0.812. The largest absolute Gasteiger partial charge is 0.397 e. The van der Waals surface area contributed by atoms with E-state index in [0.717, 1.165) is 36.8 Å².